The molecule has 1 amide bonds. The molecule has 0 bridgehead atoms. The quantitative estimate of drug-likeness (QED) is 0.911. The maximum Gasteiger partial charge on any atom is 0.339 e. The first-order chi connectivity index (χ1) is 8.06. The van der Waals surface area contributed by atoms with E-state index in [0.717, 1.165) is 15.9 Å². The van der Waals surface area contributed by atoms with Crippen LogP contribution in [0, 0.1) is 0 Å². The number of nitrogens with zero attached hydrogens (tertiary/aromatic N) is 2. The topological polar surface area (TPSA) is 60.9 Å². The van der Waals surface area contributed by atoms with Crippen LogP contribution in [0.3, 0.4) is 0 Å². The van der Waals surface area contributed by atoms with Crippen LogP contribution < -0.4 is 5.73 Å². The number of rotatable bonds is 2. The van der Waals surface area contributed by atoms with Gasteiger partial charge in [-0.15, -0.1) is 0 Å². The van der Waals surface area contributed by atoms with E-state index < -0.39 is 6.03 Å². The number of hydrogen-bond donors (Lipinski definition) is 1. The number of halogens is 2. The second kappa shape index (κ2) is 4.77. The molecule has 88 valence electrons. The molecule has 2 N–H and O–H groups in total. The molecule has 0 spiro atoms. The van der Waals surface area contributed by atoms with Gasteiger partial charge in [0.2, 0.25) is 0 Å². The molecule has 0 unspecified atom stereocenters. The number of benzene rings is 1. The van der Waals surface area contributed by atoms with Crippen LogP contribution in [-0.4, -0.2) is 15.8 Å². The van der Waals surface area contributed by atoms with E-state index >= 15 is 0 Å². The number of amides is 1. The molecule has 0 saturated heterocycles. The molecule has 6 heteroatoms. The van der Waals surface area contributed by atoms with Crippen LogP contribution in [0.2, 0.25) is 10.0 Å². The molecular weight excluding hydrogens is 261 g/mol. The molecule has 0 atom stereocenters. The molecule has 0 radical (unpaired) electrons. The normalized spacial score (nSPS) is 10.5. The molecule has 0 aliphatic rings. The van der Waals surface area contributed by atoms with Crippen LogP contribution in [0.25, 0.3) is 0 Å². The molecule has 0 aliphatic heterocycles. The Bertz CT molecular complexity index is 566. The van der Waals surface area contributed by atoms with Gasteiger partial charge in [0.05, 0.1) is 15.7 Å². The fourth-order valence-corrected chi connectivity index (χ4v) is 1.76. The Kier molecular flexibility index (Phi) is 3.36. The lowest BCUT2D eigenvalue weighted by Crippen LogP contribution is -2.20. The summed E-state index contributed by atoms with van der Waals surface area (Å²) < 4.78 is 1.09. The second-order valence-corrected chi connectivity index (χ2v) is 4.33. The number of hydrogen-bond acceptors (Lipinski definition) is 2. The van der Waals surface area contributed by atoms with Crippen LogP contribution in [0.4, 0.5) is 4.79 Å². The Morgan fingerprint density at radius 1 is 1.29 bits per heavy atom. The minimum atomic E-state index is -0.606. The zero-order chi connectivity index (χ0) is 12.4. The van der Waals surface area contributed by atoms with Crippen molar-refractivity contribution in [3.05, 3.63) is 51.8 Å². The van der Waals surface area contributed by atoms with E-state index in [2.05, 4.69) is 5.10 Å². The molecular formula is C11H9Cl2N3O. The van der Waals surface area contributed by atoms with Crippen molar-refractivity contribution in [2.75, 3.05) is 0 Å². The number of nitrogens with two attached hydrogens (primary N) is 1. The van der Waals surface area contributed by atoms with Crippen LogP contribution in [-0.2, 0) is 6.42 Å². The SMILES string of the molecule is NC(=O)n1ccc(Cc2ccc(Cl)c(Cl)c2)n1. The second-order valence-electron chi connectivity index (χ2n) is 3.52. The van der Waals surface area contributed by atoms with Crippen molar-refractivity contribution in [1.82, 2.24) is 9.78 Å². The lowest BCUT2D eigenvalue weighted by molar-refractivity contribution is 0.247. The average molecular weight is 270 g/mol. The zero-order valence-corrected chi connectivity index (χ0v) is 10.2. The van der Waals surface area contributed by atoms with Gasteiger partial charge in [0.25, 0.3) is 0 Å². The molecule has 17 heavy (non-hydrogen) atoms. The van der Waals surface area contributed by atoms with Crippen molar-refractivity contribution in [2.24, 2.45) is 5.73 Å². The van der Waals surface area contributed by atoms with E-state index in [0.29, 0.717) is 16.5 Å². The number of aromatic nitrogens is 2. The van der Waals surface area contributed by atoms with Crippen LogP contribution in [0.1, 0.15) is 11.3 Å². The van der Waals surface area contributed by atoms with Crippen molar-refractivity contribution in [2.45, 2.75) is 6.42 Å². The van der Waals surface area contributed by atoms with E-state index in [1.54, 1.807) is 18.2 Å². The number of carbonyl (C=O) groups is 1. The number of carbonyl (C=O) groups excluding carboxylic acids is 1. The zero-order valence-electron chi connectivity index (χ0n) is 8.73. The van der Waals surface area contributed by atoms with Gasteiger partial charge in [0.1, 0.15) is 0 Å². The third-order valence-corrected chi connectivity index (χ3v) is 2.98. The van der Waals surface area contributed by atoms with Crippen LogP contribution in [0.5, 0.6) is 0 Å². The largest absolute Gasteiger partial charge is 0.350 e. The highest BCUT2D eigenvalue weighted by molar-refractivity contribution is 6.42. The first-order valence-corrected chi connectivity index (χ1v) is 5.60. The van der Waals surface area contributed by atoms with Gasteiger partial charge < -0.3 is 5.73 Å². The first-order valence-electron chi connectivity index (χ1n) is 4.84. The Labute approximate surface area is 108 Å². The summed E-state index contributed by atoms with van der Waals surface area (Å²) in [5, 5.41) is 5.03. The summed E-state index contributed by atoms with van der Waals surface area (Å²) >= 11 is 11.7. The molecule has 2 rings (SSSR count). The highest BCUT2D eigenvalue weighted by Crippen LogP contribution is 2.23. The van der Waals surface area contributed by atoms with Gasteiger partial charge in [0.15, 0.2) is 0 Å². The van der Waals surface area contributed by atoms with E-state index in [-0.39, 0.29) is 0 Å². The summed E-state index contributed by atoms with van der Waals surface area (Å²) in [6, 6.07) is 6.48. The monoisotopic (exact) mass is 269 g/mol. The Balaban J connectivity index is 2.19. The van der Waals surface area contributed by atoms with Crippen LogP contribution in [0.15, 0.2) is 30.5 Å². The smallest absolute Gasteiger partial charge is 0.339 e. The molecule has 2 aromatic rings. The minimum Gasteiger partial charge on any atom is -0.350 e. The summed E-state index contributed by atoms with van der Waals surface area (Å²) in [4.78, 5) is 10.8. The van der Waals surface area contributed by atoms with Gasteiger partial charge in [-0.1, -0.05) is 29.3 Å². The van der Waals surface area contributed by atoms with Gasteiger partial charge >= 0.3 is 6.03 Å². The lowest BCUT2D eigenvalue weighted by atomic mass is 10.1. The molecule has 0 aliphatic carbocycles. The highest BCUT2D eigenvalue weighted by atomic mass is 35.5. The van der Waals surface area contributed by atoms with E-state index in [1.807, 2.05) is 6.07 Å². The van der Waals surface area contributed by atoms with Crippen molar-refractivity contribution in [1.29, 1.82) is 0 Å². The molecule has 0 saturated carbocycles. The number of primary amides is 1. The fourth-order valence-electron chi connectivity index (χ4n) is 1.44. The van der Waals surface area contributed by atoms with Gasteiger partial charge in [0, 0.05) is 12.6 Å². The third-order valence-electron chi connectivity index (χ3n) is 2.24. The molecule has 4 nitrogen and oxygen atoms in total. The maximum atomic E-state index is 10.8. The van der Waals surface area contributed by atoms with Gasteiger partial charge in [-0.25, -0.2) is 4.79 Å². The highest BCUT2D eigenvalue weighted by Gasteiger charge is 2.05. The fraction of sp³-hybridized carbons (Fsp3) is 0.0909. The average Bonchev–Trinajstić information content (AvgIpc) is 2.72. The minimum absolute atomic E-state index is 0.499. The third kappa shape index (κ3) is 2.78. The van der Waals surface area contributed by atoms with Crippen molar-refractivity contribution >= 4 is 29.2 Å². The Morgan fingerprint density at radius 2 is 2.06 bits per heavy atom. The van der Waals surface area contributed by atoms with E-state index in [1.165, 1.54) is 6.20 Å². The van der Waals surface area contributed by atoms with Gasteiger partial charge in [-0.05, 0) is 23.8 Å². The molecule has 1 aromatic carbocycles. The van der Waals surface area contributed by atoms with E-state index in [9.17, 15) is 4.79 Å². The predicted molar refractivity (Wildman–Crippen MR) is 66.5 cm³/mol. The van der Waals surface area contributed by atoms with Crippen molar-refractivity contribution in [3.8, 4) is 0 Å². The standard InChI is InChI=1S/C11H9Cl2N3O/c12-9-2-1-7(6-10(9)13)5-8-3-4-16(15-8)11(14)17/h1-4,6H,5H2,(H2,14,17). The van der Waals surface area contributed by atoms with E-state index in [4.69, 9.17) is 28.9 Å². The Morgan fingerprint density at radius 3 is 2.65 bits per heavy atom. The van der Waals surface area contributed by atoms with Crippen LogP contribution >= 0.6 is 23.2 Å². The summed E-state index contributed by atoms with van der Waals surface area (Å²) in [6.45, 7) is 0. The Hall–Kier alpha value is -1.52. The summed E-state index contributed by atoms with van der Waals surface area (Å²) in [5.74, 6) is 0. The van der Waals surface area contributed by atoms with Crippen molar-refractivity contribution < 1.29 is 4.79 Å². The maximum absolute atomic E-state index is 10.8. The molecule has 1 heterocycles. The lowest BCUT2D eigenvalue weighted by Gasteiger charge is -2.00. The molecule has 1 aromatic heterocycles. The first kappa shape index (κ1) is 12.0. The summed E-state index contributed by atoms with van der Waals surface area (Å²) in [5.41, 5.74) is 6.79. The van der Waals surface area contributed by atoms with Gasteiger partial charge in [-0.3, -0.25) is 0 Å². The molecule has 0 fully saturated rings. The van der Waals surface area contributed by atoms with Gasteiger partial charge in [-0.2, -0.15) is 9.78 Å². The summed E-state index contributed by atoms with van der Waals surface area (Å²) in [7, 11) is 0. The van der Waals surface area contributed by atoms with Crippen molar-refractivity contribution in [3.63, 3.8) is 0 Å². The predicted octanol–water partition coefficient (Wildman–Crippen LogP) is 2.71. The summed E-state index contributed by atoms with van der Waals surface area (Å²) in [6.07, 6.45) is 2.09.